The number of aliphatic hydroxyl groups is 2. The molecule has 0 fully saturated rings. The van der Waals surface area contributed by atoms with Crippen LogP contribution in [-0.4, -0.2) is 46.9 Å². The third-order valence-corrected chi connectivity index (χ3v) is 9.06. The Morgan fingerprint density at radius 1 is 0.585 bits per heavy atom. The molecule has 0 rings (SSSR count). The Hall–Kier alpha value is -2.96. The predicted molar refractivity (Wildman–Crippen MR) is 227 cm³/mol. The van der Waals surface area contributed by atoms with Crippen LogP contribution in [0.2, 0.25) is 0 Å². The van der Waals surface area contributed by atoms with E-state index in [2.05, 4.69) is 74.7 Å². The zero-order valence-electron chi connectivity index (χ0n) is 34.1. The molecule has 6 nitrogen and oxygen atoms in total. The van der Waals surface area contributed by atoms with Gasteiger partial charge in [-0.2, -0.15) is 0 Å². The van der Waals surface area contributed by atoms with Crippen molar-refractivity contribution in [3.63, 3.8) is 0 Å². The molecule has 0 radical (unpaired) electrons. The van der Waals surface area contributed by atoms with Gasteiger partial charge in [-0.1, -0.05) is 176 Å². The number of esters is 1. The standard InChI is InChI=1S/C47H79NO5/c1-4-7-10-13-16-19-21-22-23-25-28-31-34-37-40-47(52)53-43(38-35-32-29-27-24-20-17-14-11-8-5-2)41-46(51)48-44(42-49)45(50)39-36-33-30-26-18-15-12-9-6-3/h7-8,10-11,14,16-17,19-20,22-24,27,29,43-45,49-50H,4-6,9,12-13,15,18,21,25-26,28,30-42H2,1-3H3,(H,48,51)/b10-7+,11-8+,17-14+,19-16+,23-22+,24-20-,29-27-. The van der Waals surface area contributed by atoms with Crippen LogP contribution in [0, 0.1) is 0 Å². The Morgan fingerprint density at radius 3 is 1.79 bits per heavy atom. The highest BCUT2D eigenvalue weighted by Gasteiger charge is 2.23. The highest BCUT2D eigenvalue weighted by molar-refractivity contribution is 5.77. The number of nitrogens with one attached hydrogen (secondary N) is 1. The molecule has 53 heavy (non-hydrogen) atoms. The fourth-order valence-corrected chi connectivity index (χ4v) is 5.87. The van der Waals surface area contributed by atoms with Gasteiger partial charge in [0, 0.05) is 6.42 Å². The van der Waals surface area contributed by atoms with Gasteiger partial charge in [0.2, 0.25) is 5.91 Å². The van der Waals surface area contributed by atoms with Crippen LogP contribution in [0.25, 0.3) is 0 Å². The van der Waals surface area contributed by atoms with Crippen molar-refractivity contribution in [1.29, 1.82) is 0 Å². The quantitative estimate of drug-likeness (QED) is 0.0257. The van der Waals surface area contributed by atoms with Crippen molar-refractivity contribution in [3.8, 4) is 0 Å². The number of hydrogen-bond acceptors (Lipinski definition) is 5. The van der Waals surface area contributed by atoms with Gasteiger partial charge in [-0.05, 0) is 70.6 Å². The summed E-state index contributed by atoms with van der Waals surface area (Å²) in [5, 5.41) is 23.5. The molecule has 0 aromatic rings. The molecular weight excluding hydrogens is 659 g/mol. The van der Waals surface area contributed by atoms with Gasteiger partial charge in [-0.25, -0.2) is 0 Å². The second kappa shape index (κ2) is 40.2. The van der Waals surface area contributed by atoms with E-state index in [-0.39, 0.29) is 24.9 Å². The summed E-state index contributed by atoms with van der Waals surface area (Å²) in [4.78, 5) is 25.9. The maximum atomic E-state index is 13.1. The molecule has 0 aromatic carbocycles. The smallest absolute Gasteiger partial charge is 0.306 e. The van der Waals surface area contributed by atoms with Crippen LogP contribution in [0.5, 0.6) is 0 Å². The van der Waals surface area contributed by atoms with E-state index < -0.39 is 18.2 Å². The molecule has 3 atom stereocenters. The monoisotopic (exact) mass is 738 g/mol. The van der Waals surface area contributed by atoms with Gasteiger partial charge in [0.05, 0.1) is 25.2 Å². The van der Waals surface area contributed by atoms with E-state index in [0.717, 1.165) is 89.9 Å². The van der Waals surface area contributed by atoms with Gasteiger partial charge in [0.1, 0.15) is 6.10 Å². The third-order valence-electron chi connectivity index (χ3n) is 9.06. The fourth-order valence-electron chi connectivity index (χ4n) is 5.87. The summed E-state index contributed by atoms with van der Waals surface area (Å²) in [5.41, 5.74) is 0. The van der Waals surface area contributed by atoms with Crippen LogP contribution >= 0.6 is 0 Å². The van der Waals surface area contributed by atoms with Gasteiger partial charge >= 0.3 is 5.97 Å². The SMILES string of the molecule is CC/C=C/C=C/C=C\C=C/CCCC(CC(=O)NC(CO)C(O)CCCCCCCCCCC)OC(=O)CCCCCC/C=C/C/C=C/C/C=C/CC. The zero-order chi connectivity index (χ0) is 38.9. The molecule has 0 heterocycles. The molecule has 302 valence electrons. The Labute approximate surface area is 325 Å². The molecule has 0 aliphatic rings. The molecule has 6 heteroatoms. The van der Waals surface area contributed by atoms with Crippen LogP contribution in [-0.2, 0) is 14.3 Å². The molecule has 0 saturated heterocycles. The van der Waals surface area contributed by atoms with Gasteiger partial charge in [0.15, 0.2) is 0 Å². The van der Waals surface area contributed by atoms with E-state index in [1.165, 1.54) is 38.5 Å². The lowest BCUT2D eigenvalue weighted by atomic mass is 10.0. The lowest BCUT2D eigenvalue weighted by Crippen LogP contribution is -2.46. The van der Waals surface area contributed by atoms with Crippen LogP contribution in [0.1, 0.15) is 175 Å². The highest BCUT2D eigenvalue weighted by atomic mass is 16.5. The zero-order valence-corrected chi connectivity index (χ0v) is 34.1. The van der Waals surface area contributed by atoms with Crippen LogP contribution in [0.4, 0.5) is 0 Å². The molecule has 1 amide bonds. The van der Waals surface area contributed by atoms with E-state index in [1.807, 2.05) is 36.5 Å². The lowest BCUT2D eigenvalue weighted by Gasteiger charge is -2.24. The number of unbranched alkanes of at least 4 members (excludes halogenated alkanes) is 13. The average Bonchev–Trinajstić information content (AvgIpc) is 3.15. The summed E-state index contributed by atoms with van der Waals surface area (Å²) >= 11 is 0. The molecule has 0 aliphatic heterocycles. The average molecular weight is 738 g/mol. The first-order valence-electron chi connectivity index (χ1n) is 21.4. The maximum absolute atomic E-state index is 13.1. The van der Waals surface area contributed by atoms with Crippen molar-refractivity contribution in [2.75, 3.05) is 6.61 Å². The number of allylic oxidation sites excluding steroid dienone is 14. The van der Waals surface area contributed by atoms with Crippen LogP contribution < -0.4 is 5.32 Å². The van der Waals surface area contributed by atoms with Crippen molar-refractivity contribution >= 4 is 11.9 Å². The number of carbonyl (C=O) groups is 2. The predicted octanol–water partition coefficient (Wildman–Crippen LogP) is 12.1. The minimum atomic E-state index is -0.810. The molecule has 0 saturated carbocycles. The van der Waals surface area contributed by atoms with Crippen molar-refractivity contribution in [3.05, 3.63) is 85.1 Å². The Bertz CT molecular complexity index is 1050. The largest absolute Gasteiger partial charge is 0.462 e. The first-order valence-corrected chi connectivity index (χ1v) is 21.4. The van der Waals surface area contributed by atoms with Gasteiger partial charge < -0.3 is 20.3 Å². The topological polar surface area (TPSA) is 95.9 Å². The van der Waals surface area contributed by atoms with E-state index in [4.69, 9.17) is 4.74 Å². The summed E-state index contributed by atoms with van der Waals surface area (Å²) in [6.45, 7) is 6.14. The second-order valence-corrected chi connectivity index (χ2v) is 14.1. The summed E-state index contributed by atoms with van der Waals surface area (Å²) in [6.07, 6.45) is 50.8. The molecule has 0 aliphatic carbocycles. The summed E-state index contributed by atoms with van der Waals surface area (Å²) in [6, 6.07) is -0.728. The Morgan fingerprint density at radius 2 is 1.13 bits per heavy atom. The fraction of sp³-hybridized carbons (Fsp3) is 0.660. The number of aliphatic hydroxyl groups excluding tert-OH is 2. The van der Waals surface area contributed by atoms with Crippen LogP contribution in [0.3, 0.4) is 0 Å². The summed E-state index contributed by atoms with van der Waals surface area (Å²) in [7, 11) is 0. The van der Waals surface area contributed by atoms with Crippen molar-refractivity contribution in [1.82, 2.24) is 5.32 Å². The minimum Gasteiger partial charge on any atom is -0.462 e. The van der Waals surface area contributed by atoms with Gasteiger partial charge in [-0.3, -0.25) is 9.59 Å². The van der Waals surface area contributed by atoms with E-state index in [9.17, 15) is 19.8 Å². The normalized spacial score (nSPS) is 14.3. The number of carbonyl (C=O) groups excluding carboxylic acids is 2. The summed E-state index contributed by atoms with van der Waals surface area (Å²) < 4.78 is 5.84. The minimum absolute atomic E-state index is 0.0175. The second-order valence-electron chi connectivity index (χ2n) is 14.1. The Kier molecular flexibility index (Phi) is 38.0. The third kappa shape index (κ3) is 35.8. The molecule has 0 bridgehead atoms. The van der Waals surface area contributed by atoms with Crippen LogP contribution in [0.15, 0.2) is 85.1 Å². The Balaban J connectivity index is 4.75. The first kappa shape index (κ1) is 50.0. The van der Waals surface area contributed by atoms with E-state index in [1.54, 1.807) is 0 Å². The summed E-state index contributed by atoms with van der Waals surface area (Å²) in [5.74, 6) is -0.581. The van der Waals surface area contributed by atoms with Crippen molar-refractivity contribution in [2.24, 2.45) is 0 Å². The van der Waals surface area contributed by atoms with Gasteiger partial charge in [0.25, 0.3) is 0 Å². The maximum Gasteiger partial charge on any atom is 0.306 e. The number of ether oxygens (including phenoxy) is 1. The van der Waals surface area contributed by atoms with Gasteiger partial charge in [-0.15, -0.1) is 0 Å². The molecule has 3 unspecified atom stereocenters. The molecular formula is C47H79NO5. The number of amides is 1. The molecule has 0 spiro atoms. The van der Waals surface area contributed by atoms with E-state index in [0.29, 0.717) is 19.3 Å². The number of hydrogen-bond donors (Lipinski definition) is 3. The first-order chi connectivity index (χ1) is 26.0. The molecule has 3 N–H and O–H groups in total. The molecule has 0 aromatic heterocycles. The highest BCUT2D eigenvalue weighted by Crippen LogP contribution is 2.16. The van der Waals surface area contributed by atoms with Crippen molar-refractivity contribution in [2.45, 2.75) is 193 Å². The van der Waals surface area contributed by atoms with E-state index >= 15 is 0 Å². The number of rotatable bonds is 36. The van der Waals surface area contributed by atoms with Crippen molar-refractivity contribution < 1.29 is 24.5 Å². The lowest BCUT2D eigenvalue weighted by molar-refractivity contribution is -0.151.